The highest BCUT2D eigenvalue weighted by molar-refractivity contribution is 6.03. The Morgan fingerprint density at radius 3 is 2.71 bits per heavy atom. The van der Waals surface area contributed by atoms with Gasteiger partial charge in [0.25, 0.3) is 0 Å². The second-order valence-corrected chi connectivity index (χ2v) is 4.38. The minimum absolute atomic E-state index is 0.00223. The van der Waals surface area contributed by atoms with Gasteiger partial charge in [-0.15, -0.1) is 0 Å². The Morgan fingerprint density at radius 2 is 2.18 bits per heavy atom. The van der Waals surface area contributed by atoms with E-state index in [0.717, 1.165) is 4.90 Å². The highest BCUT2D eigenvalue weighted by atomic mass is 16.2. The van der Waals surface area contributed by atoms with Crippen molar-refractivity contribution in [1.29, 1.82) is 0 Å². The van der Waals surface area contributed by atoms with Crippen LogP contribution >= 0.6 is 0 Å². The van der Waals surface area contributed by atoms with Crippen LogP contribution in [0.1, 0.15) is 27.2 Å². The zero-order valence-corrected chi connectivity index (χ0v) is 10.4. The molecule has 0 saturated carbocycles. The van der Waals surface area contributed by atoms with Crippen LogP contribution in [0.3, 0.4) is 0 Å². The summed E-state index contributed by atoms with van der Waals surface area (Å²) in [6.07, 6.45) is 0.606. The number of hydrogen-bond donors (Lipinski definition) is 2. The number of nitrogens with zero attached hydrogens (tertiary/aromatic N) is 1. The summed E-state index contributed by atoms with van der Waals surface area (Å²) in [5, 5.41) is 5.50. The first-order valence-corrected chi connectivity index (χ1v) is 5.82. The molecule has 2 N–H and O–H groups in total. The van der Waals surface area contributed by atoms with Crippen molar-refractivity contribution < 1.29 is 14.4 Å². The highest BCUT2D eigenvalue weighted by Gasteiger charge is 2.33. The van der Waals surface area contributed by atoms with Gasteiger partial charge in [0, 0.05) is 6.04 Å². The number of rotatable bonds is 4. The zero-order chi connectivity index (χ0) is 13.0. The molecule has 6 heteroatoms. The molecule has 1 atom stereocenters. The lowest BCUT2D eigenvalue weighted by atomic mass is 10.1. The standard InChI is InChI=1S/C11H19N3O3/c1-4-8-11(17)14(10(16)5-12-8)6-9(15)13-7(2)3/h7-8,12H,4-6H2,1-3H3,(H,13,15). The molecule has 0 spiro atoms. The molecule has 1 rings (SSSR count). The van der Waals surface area contributed by atoms with E-state index >= 15 is 0 Å². The van der Waals surface area contributed by atoms with E-state index in [1.54, 1.807) is 0 Å². The number of imide groups is 1. The van der Waals surface area contributed by atoms with Crippen LogP contribution in [-0.4, -0.2) is 47.8 Å². The maximum Gasteiger partial charge on any atom is 0.246 e. The number of carbonyl (C=O) groups excluding carboxylic acids is 3. The molecular formula is C11H19N3O3. The largest absolute Gasteiger partial charge is 0.352 e. The van der Waals surface area contributed by atoms with Crippen LogP contribution in [0, 0.1) is 0 Å². The summed E-state index contributed by atoms with van der Waals surface area (Å²) in [5.41, 5.74) is 0. The SMILES string of the molecule is CCC1NCC(=O)N(CC(=O)NC(C)C)C1=O. The van der Waals surface area contributed by atoms with Gasteiger partial charge in [-0.1, -0.05) is 6.92 Å². The molecule has 17 heavy (non-hydrogen) atoms. The molecule has 1 saturated heterocycles. The average Bonchev–Trinajstić information content (AvgIpc) is 2.23. The molecule has 0 radical (unpaired) electrons. The highest BCUT2D eigenvalue weighted by Crippen LogP contribution is 2.05. The van der Waals surface area contributed by atoms with Gasteiger partial charge in [0.1, 0.15) is 6.54 Å². The van der Waals surface area contributed by atoms with Crippen molar-refractivity contribution in [3.63, 3.8) is 0 Å². The van der Waals surface area contributed by atoms with Crippen molar-refractivity contribution in [2.75, 3.05) is 13.1 Å². The first-order chi connectivity index (χ1) is 7.95. The molecule has 0 aromatic carbocycles. The van der Waals surface area contributed by atoms with Crippen molar-refractivity contribution >= 4 is 17.7 Å². The molecule has 1 aliphatic heterocycles. The predicted molar refractivity (Wildman–Crippen MR) is 62.1 cm³/mol. The van der Waals surface area contributed by atoms with Crippen molar-refractivity contribution in [2.24, 2.45) is 0 Å². The van der Waals surface area contributed by atoms with Gasteiger partial charge in [0.15, 0.2) is 0 Å². The number of amides is 3. The third-order valence-electron chi connectivity index (χ3n) is 2.52. The molecule has 1 heterocycles. The number of piperazine rings is 1. The third kappa shape index (κ3) is 3.52. The van der Waals surface area contributed by atoms with Crippen LogP contribution in [0.25, 0.3) is 0 Å². The van der Waals surface area contributed by atoms with E-state index in [1.807, 2.05) is 20.8 Å². The van der Waals surface area contributed by atoms with Crippen LogP contribution < -0.4 is 10.6 Å². The summed E-state index contributed by atoms with van der Waals surface area (Å²) in [6, 6.07) is -0.364. The fourth-order valence-electron chi connectivity index (χ4n) is 1.70. The van der Waals surface area contributed by atoms with E-state index in [-0.39, 0.29) is 42.9 Å². The summed E-state index contributed by atoms with van der Waals surface area (Å²) >= 11 is 0. The van der Waals surface area contributed by atoms with E-state index in [9.17, 15) is 14.4 Å². The predicted octanol–water partition coefficient (Wildman–Crippen LogP) is -0.752. The Labute approximate surface area is 101 Å². The molecule has 96 valence electrons. The summed E-state index contributed by atoms with van der Waals surface area (Å²) in [7, 11) is 0. The third-order valence-corrected chi connectivity index (χ3v) is 2.52. The lowest BCUT2D eigenvalue weighted by Crippen LogP contribution is -2.59. The molecular weight excluding hydrogens is 222 g/mol. The average molecular weight is 241 g/mol. The Hall–Kier alpha value is -1.43. The topological polar surface area (TPSA) is 78.5 Å². The Balaban J connectivity index is 2.63. The summed E-state index contributed by atoms with van der Waals surface area (Å²) in [5.74, 6) is -0.972. The van der Waals surface area contributed by atoms with E-state index in [2.05, 4.69) is 10.6 Å². The molecule has 1 fully saturated rings. The van der Waals surface area contributed by atoms with Crippen molar-refractivity contribution in [3.8, 4) is 0 Å². The lowest BCUT2D eigenvalue weighted by molar-refractivity contribution is -0.152. The van der Waals surface area contributed by atoms with Crippen LogP contribution in [0.4, 0.5) is 0 Å². The van der Waals surface area contributed by atoms with Crippen LogP contribution in [0.15, 0.2) is 0 Å². The molecule has 1 unspecified atom stereocenters. The monoisotopic (exact) mass is 241 g/mol. The number of nitrogens with one attached hydrogen (secondary N) is 2. The molecule has 1 aliphatic rings. The fourth-order valence-corrected chi connectivity index (χ4v) is 1.70. The Morgan fingerprint density at radius 1 is 1.53 bits per heavy atom. The second-order valence-electron chi connectivity index (χ2n) is 4.38. The second kappa shape index (κ2) is 5.77. The smallest absolute Gasteiger partial charge is 0.246 e. The summed E-state index contributed by atoms with van der Waals surface area (Å²) < 4.78 is 0. The Kier molecular flexibility index (Phi) is 4.62. The Bertz CT molecular complexity index is 328. The molecule has 0 aromatic heterocycles. The van der Waals surface area contributed by atoms with E-state index < -0.39 is 0 Å². The quantitative estimate of drug-likeness (QED) is 0.635. The van der Waals surface area contributed by atoms with E-state index in [4.69, 9.17) is 0 Å². The van der Waals surface area contributed by atoms with Crippen molar-refractivity contribution in [2.45, 2.75) is 39.3 Å². The van der Waals surface area contributed by atoms with Gasteiger partial charge in [0.2, 0.25) is 17.7 Å². The summed E-state index contributed by atoms with van der Waals surface area (Å²) in [4.78, 5) is 36.0. The lowest BCUT2D eigenvalue weighted by Gasteiger charge is -2.30. The first-order valence-electron chi connectivity index (χ1n) is 5.82. The van der Waals surface area contributed by atoms with Crippen LogP contribution in [0.2, 0.25) is 0 Å². The van der Waals surface area contributed by atoms with Gasteiger partial charge >= 0.3 is 0 Å². The van der Waals surface area contributed by atoms with Crippen molar-refractivity contribution in [1.82, 2.24) is 15.5 Å². The number of carbonyl (C=O) groups is 3. The van der Waals surface area contributed by atoms with Crippen LogP contribution in [0.5, 0.6) is 0 Å². The minimum atomic E-state index is -0.362. The van der Waals surface area contributed by atoms with E-state index in [0.29, 0.717) is 6.42 Å². The van der Waals surface area contributed by atoms with Crippen LogP contribution in [-0.2, 0) is 14.4 Å². The fraction of sp³-hybridized carbons (Fsp3) is 0.727. The maximum atomic E-state index is 11.9. The van der Waals surface area contributed by atoms with Gasteiger partial charge in [-0.2, -0.15) is 0 Å². The number of hydrogen-bond acceptors (Lipinski definition) is 4. The normalized spacial score (nSPS) is 20.9. The van der Waals surface area contributed by atoms with Gasteiger partial charge < -0.3 is 5.32 Å². The zero-order valence-electron chi connectivity index (χ0n) is 10.4. The molecule has 6 nitrogen and oxygen atoms in total. The first kappa shape index (κ1) is 13.6. The molecule has 0 bridgehead atoms. The van der Waals surface area contributed by atoms with Gasteiger partial charge in [0.05, 0.1) is 12.6 Å². The van der Waals surface area contributed by atoms with Gasteiger partial charge in [-0.25, -0.2) is 0 Å². The minimum Gasteiger partial charge on any atom is -0.352 e. The van der Waals surface area contributed by atoms with Gasteiger partial charge in [-0.3, -0.25) is 24.6 Å². The summed E-state index contributed by atoms with van der Waals surface area (Å²) in [6.45, 7) is 5.44. The van der Waals surface area contributed by atoms with E-state index in [1.165, 1.54) is 0 Å². The molecule has 0 aromatic rings. The van der Waals surface area contributed by atoms with Gasteiger partial charge in [-0.05, 0) is 20.3 Å². The molecule has 3 amide bonds. The molecule has 0 aliphatic carbocycles. The maximum absolute atomic E-state index is 11.9. The van der Waals surface area contributed by atoms with Crippen molar-refractivity contribution in [3.05, 3.63) is 0 Å².